The fourth-order valence-electron chi connectivity index (χ4n) is 4.75. The Morgan fingerprint density at radius 1 is 0.730 bits per heavy atom. The summed E-state index contributed by atoms with van der Waals surface area (Å²) in [6.45, 7) is 32.4. The van der Waals surface area contributed by atoms with Crippen LogP contribution >= 0.6 is 0 Å². The molecule has 0 radical (unpaired) electrons. The Hall–Kier alpha value is -2.55. The Morgan fingerprint density at radius 3 is 1.51 bits per heavy atom. The number of carbonyl (C=O) groups excluding carboxylic acids is 1. The van der Waals surface area contributed by atoms with E-state index in [9.17, 15) is 9.90 Å². The molecule has 0 aromatic heterocycles. The number of hydrogen-bond acceptors (Lipinski definition) is 3. The number of ether oxygens (including phenoxy) is 1. The van der Waals surface area contributed by atoms with E-state index in [0.717, 1.165) is 27.8 Å². The van der Waals surface area contributed by atoms with Gasteiger partial charge in [0.2, 0.25) is 0 Å². The van der Waals surface area contributed by atoms with E-state index in [1.165, 1.54) is 18.2 Å². The summed E-state index contributed by atoms with van der Waals surface area (Å²) in [4.78, 5) is 12.9. The zero-order valence-electron chi connectivity index (χ0n) is 25.9. The normalized spacial score (nSPS) is 13.9. The molecule has 2 rings (SSSR count). The highest BCUT2D eigenvalue weighted by Gasteiger charge is 2.32. The van der Waals surface area contributed by atoms with Crippen molar-refractivity contribution in [2.45, 2.75) is 118 Å². The molecule has 0 saturated carbocycles. The first-order valence-corrected chi connectivity index (χ1v) is 13.4. The number of carbonyl (C=O) groups is 1. The molecule has 37 heavy (non-hydrogen) atoms. The molecule has 2 aromatic carbocycles. The van der Waals surface area contributed by atoms with E-state index in [1.807, 2.05) is 0 Å². The van der Waals surface area contributed by atoms with Gasteiger partial charge in [-0.15, -0.1) is 0 Å². The van der Waals surface area contributed by atoms with Crippen LogP contribution in [0.3, 0.4) is 0 Å². The average Bonchev–Trinajstić information content (AvgIpc) is 2.73. The summed E-state index contributed by atoms with van der Waals surface area (Å²) in [5.41, 5.74) is 6.67. The summed E-state index contributed by atoms with van der Waals surface area (Å²) >= 11 is 0. The number of phenols is 1. The number of methoxy groups -OCH3 is 1. The molecule has 0 spiro atoms. The van der Waals surface area contributed by atoms with Crippen molar-refractivity contribution in [3.05, 3.63) is 69.8 Å². The first-order chi connectivity index (χ1) is 16.5. The first-order valence-electron chi connectivity index (χ1n) is 13.4. The maximum Gasteiger partial charge on any atom is 0.337 e. The molecule has 0 aliphatic carbocycles. The first kappa shape index (κ1) is 30.7. The van der Waals surface area contributed by atoms with Crippen molar-refractivity contribution in [2.75, 3.05) is 7.11 Å². The Kier molecular flexibility index (Phi) is 8.26. The van der Waals surface area contributed by atoms with Gasteiger partial charge in [0.05, 0.1) is 12.7 Å². The Balaban J connectivity index is 3.09. The van der Waals surface area contributed by atoms with Crippen molar-refractivity contribution in [3.63, 3.8) is 0 Å². The minimum atomic E-state index is -0.439. The van der Waals surface area contributed by atoms with Crippen LogP contribution in [0.25, 0.3) is 5.57 Å². The van der Waals surface area contributed by atoms with Gasteiger partial charge in [-0.1, -0.05) is 121 Å². The molecule has 3 heteroatoms. The Morgan fingerprint density at radius 2 is 1.14 bits per heavy atom. The lowest BCUT2D eigenvalue weighted by atomic mass is 9.71. The van der Waals surface area contributed by atoms with E-state index >= 15 is 0 Å². The van der Waals surface area contributed by atoms with Crippen LogP contribution in [0, 0.1) is 0 Å². The fraction of sp³-hybridized carbons (Fsp3) is 0.559. The van der Waals surface area contributed by atoms with Crippen molar-refractivity contribution in [3.8, 4) is 5.75 Å². The van der Waals surface area contributed by atoms with E-state index in [-0.39, 0.29) is 27.6 Å². The molecular weight excluding hydrogens is 456 g/mol. The number of hydrogen-bond donors (Lipinski definition) is 1. The van der Waals surface area contributed by atoms with Crippen LogP contribution in [0.15, 0.2) is 30.8 Å². The second kappa shape index (κ2) is 9.97. The van der Waals surface area contributed by atoms with E-state index < -0.39 is 5.97 Å². The van der Waals surface area contributed by atoms with Crippen molar-refractivity contribution < 1.29 is 14.6 Å². The molecule has 0 aliphatic rings. The molecule has 0 fully saturated rings. The molecule has 1 N–H and O–H groups in total. The van der Waals surface area contributed by atoms with Crippen molar-refractivity contribution >= 4 is 11.5 Å². The number of esters is 1. The van der Waals surface area contributed by atoms with Crippen LogP contribution in [0.2, 0.25) is 0 Å². The quantitative estimate of drug-likeness (QED) is 0.332. The molecule has 3 nitrogen and oxygen atoms in total. The smallest absolute Gasteiger partial charge is 0.337 e. The number of rotatable bonds is 4. The van der Waals surface area contributed by atoms with Crippen molar-refractivity contribution in [2.24, 2.45) is 0 Å². The molecule has 0 heterocycles. The van der Waals surface area contributed by atoms with Gasteiger partial charge in [0.25, 0.3) is 0 Å². The highest BCUT2D eigenvalue weighted by atomic mass is 16.5. The highest BCUT2D eigenvalue weighted by Crippen LogP contribution is 2.46. The predicted octanol–water partition coefficient (Wildman–Crippen LogP) is 8.92. The van der Waals surface area contributed by atoms with Gasteiger partial charge < -0.3 is 9.84 Å². The number of phenolic OH excluding ortho intramolecular Hbond substituents is 1. The Bertz CT molecular complexity index is 1190. The van der Waals surface area contributed by atoms with Gasteiger partial charge in [0.15, 0.2) is 0 Å². The maximum absolute atomic E-state index is 12.9. The third kappa shape index (κ3) is 6.48. The molecule has 204 valence electrons. The zero-order valence-corrected chi connectivity index (χ0v) is 25.9. The largest absolute Gasteiger partial charge is 0.507 e. The van der Waals surface area contributed by atoms with Crippen LogP contribution in [-0.2, 0) is 31.2 Å². The van der Waals surface area contributed by atoms with Crippen molar-refractivity contribution in [1.29, 1.82) is 0 Å². The molecule has 0 amide bonds. The second-order valence-corrected chi connectivity index (χ2v) is 14.6. The maximum atomic E-state index is 12.9. The second-order valence-electron chi connectivity index (χ2n) is 14.6. The van der Waals surface area contributed by atoms with Gasteiger partial charge >= 0.3 is 5.97 Å². The minimum absolute atomic E-state index is 0.0928. The molecule has 0 saturated heterocycles. The molecule has 1 atom stereocenters. The third-order valence-electron chi connectivity index (χ3n) is 7.32. The van der Waals surface area contributed by atoms with Gasteiger partial charge in [-0.3, -0.25) is 0 Å². The molecule has 2 aromatic rings. The number of aromatic hydroxyl groups is 1. The summed E-state index contributed by atoms with van der Waals surface area (Å²) in [5.74, 6) is -0.310. The SMILES string of the molecule is C=C(C(=O)OC)c1c(C(C)c2cc(C(C)(C)C)cc(C(C)(C)C)c2O)cc(C(C)(C)C)cc1C(C)(C)C. The van der Waals surface area contributed by atoms with Gasteiger partial charge in [-0.2, -0.15) is 0 Å². The van der Waals surface area contributed by atoms with Crippen LogP contribution in [0.4, 0.5) is 0 Å². The summed E-state index contributed by atoms with van der Waals surface area (Å²) in [7, 11) is 1.39. The molecular formula is C34H50O3. The van der Waals surface area contributed by atoms with Gasteiger partial charge in [-0.05, 0) is 55.0 Å². The minimum Gasteiger partial charge on any atom is -0.507 e. The monoisotopic (exact) mass is 506 g/mol. The molecule has 1 unspecified atom stereocenters. The van der Waals surface area contributed by atoms with E-state index in [2.05, 4.69) is 121 Å². The third-order valence-corrected chi connectivity index (χ3v) is 7.32. The van der Waals surface area contributed by atoms with Crippen molar-refractivity contribution in [1.82, 2.24) is 0 Å². The van der Waals surface area contributed by atoms with Gasteiger partial charge in [-0.25, -0.2) is 4.79 Å². The summed E-state index contributed by atoms with van der Waals surface area (Å²) < 4.78 is 5.14. The zero-order chi connectivity index (χ0) is 28.9. The van der Waals surface area contributed by atoms with Gasteiger partial charge in [0, 0.05) is 11.5 Å². The lowest BCUT2D eigenvalue weighted by molar-refractivity contribution is -0.133. The number of benzene rings is 2. The van der Waals surface area contributed by atoms with Gasteiger partial charge in [0.1, 0.15) is 5.75 Å². The summed E-state index contributed by atoms with van der Waals surface area (Å²) in [6, 6.07) is 8.70. The van der Waals surface area contributed by atoms with E-state index in [0.29, 0.717) is 11.3 Å². The molecule has 0 bridgehead atoms. The van der Waals surface area contributed by atoms with Crippen LogP contribution in [0.1, 0.15) is 135 Å². The van der Waals surface area contributed by atoms with E-state index in [1.54, 1.807) is 0 Å². The summed E-state index contributed by atoms with van der Waals surface area (Å²) in [6.07, 6.45) is 0. The summed E-state index contributed by atoms with van der Waals surface area (Å²) in [5, 5.41) is 11.7. The lowest BCUT2D eigenvalue weighted by Gasteiger charge is -2.33. The van der Waals surface area contributed by atoms with E-state index in [4.69, 9.17) is 4.74 Å². The molecule has 0 aliphatic heterocycles. The Labute approximate surface area is 226 Å². The highest BCUT2D eigenvalue weighted by molar-refractivity contribution is 6.16. The standard InChI is InChI=1S/C34H50O3/c1-20(25-17-23(32(6,7)8)19-27(29(25)35)34(12,13)14)24-16-22(31(3,4)5)18-26(33(9,10)11)28(24)21(2)30(36)37-15/h16-20,35H,2H2,1,3-15H3. The average molecular weight is 507 g/mol. The van der Waals surface area contributed by atoms with Crippen LogP contribution in [-0.4, -0.2) is 18.2 Å². The fourth-order valence-corrected chi connectivity index (χ4v) is 4.75. The topological polar surface area (TPSA) is 46.5 Å². The predicted molar refractivity (Wildman–Crippen MR) is 158 cm³/mol. The lowest BCUT2D eigenvalue weighted by Crippen LogP contribution is -2.22. The van der Waals surface area contributed by atoms with Crippen LogP contribution < -0.4 is 0 Å². The van der Waals surface area contributed by atoms with Crippen LogP contribution in [0.5, 0.6) is 5.75 Å².